The summed E-state index contributed by atoms with van der Waals surface area (Å²) >= 11 is 0. The van der Waals surface area contributed by atoms with E-state index in [4.69, 9.17) is 4.74 Å². The molecule has 0 unspecified atom stereocenters. The smallest absolute Gasteiger partial charge is 0.149 e. The van der Waals surface area contributed by atoms with E-state index in [0.717, 1.165) is 56.4 Å². The lowest BCUT2D eigenvalue weighted by molar-refractivity contribution is 0.161. The molecule has 32 heavy (non-hydrogen) atoms. The molecule has 1 aromatic carbocycles. The van der Waals surface area contributed by atoms with Gasteiger partial charge in [0.1, 0.15) is 11.6 Å². The normalized spacial score (nSPS) is 22.9. The van der Waals surface area contributed by atoms with Crippen molar-refractivity contribution >= 4 is 11.5 Å². The molecule has 6 nitrogen and oxygen atoms in total. The van der Waals surface area contributed by atoms with Crippen LogP contribution in [0.2, 0.25) is 0 Å². The maximum atomic E-state index is 14.6. The maximum absolute atomic E-state index is 14.6. The minimum Gasteiger partial charge on any atom is -0.388 e. The summed E-state index contributed by atoms with van der Waals surface area (Å²) in [4.78, 5) is 4.28. The Morgan fingerprint density at radius 1 is 1.19 bits per heavy atom. The number of benzene rings is 1. The second-order valence-electron chi connectivity index (χ2n) is 9.42. The van der Waals surface area contributed by atoms with E-state index in [0.29, 0.717) is 36.1 Å². The van der Waals surface area contributed by atoms with Crippen LogP contribution in [0.1, 0.15) is 45.4 Å². The van der Waals surface area contributed by atoms with Crippen LogP contribution in [0.4, 0.5) is 15.9 Å². The van der Waals surface area contributed by atoms with Crippen LogP contribution >= 0.6 is 0 Å². The first-order chi connectivity index (χ1) is 15.4. The molecular weight excluding hydrogens is 407 g/mol. The van der Waals surface area contributed by atoms with Gasteiger partial charge in [0.15, 0.2) is 0 Å². The summed E-state index contributed by atoms with van der Waals surface area (Å²) < 4.78 is 19.8. The first-order valence-electron chi connectivity index (χ1n) is 11.7. The number of nitrogens with one attached hydrogen (secondary N) is 3. The molecule has 0 saturated heterocycles. The van der Waals surface area contributed by atoms with Crippen molar-refractivity contribution in [3.8, 4) is 11.1 Å². The predicted octanol–water partition coefficient (Wildman–Crippen LogP) is 4.17. The second kappa shape index (κ2) is 10.1. The number of hydrogen-bond donors (Lipinski definition) is 4. The number of aliphatic hydroxyl groups is 1. The first-order valence-corrected chi connectivity index (χ1v) is 11.7. The van der Waals surface area contributed by atoms with Crippen molar-refractivity contribution in [3.05, 3.63) is 42.3 Å². The lowest BCUT2D eigenvalue weighted by atomic mass is 9.90. The van der Waals surface area contributed by atoms with Gasteiger partial charge in [-0.25, -0.2) is 9.37 Å². The summed E-state index contributed by atoms with van der Waals surface area (Å²) in [6.45, 7) is 3.39. The minimum absolute atomic E-state index is 0.337. The summed E-state index contributed by atoms with van der Waals surface area (Å²) in [5.74, 6) is 0.366. The van der Waals surface area contributed by atoms with Gasteiger partial charge in [-0.05, 0) is 69.2 Å². The van der Waals surface area contributed by atoms with Crippen molar-refractivity contribution in [1.29, 1.82) is 0 Å². The fraction of sp³-hybridized carbons (Fsp3) is 0.560. The van der Waals surface area contributed by atoms with E-state index in [2.05, 4.69) is 27.9 Å². The largest absolute Gasteiger partial charge is 0.388 e. The Labute approximate surface area is 190 Å². The van der Waals surface area contributed by atoms with Gasteiger partial charge in [-0.15, -0.1) is 0 Å². The summed E-state index contributed by atoms with van der Waals surface area (Å²) in [6.07, 6.45) is 7.25. The molecule has 1 aromatic heterocycles. The molecule has 2 aromatic rings. The van der Waals surface area contributed by atoms with Crippen molar-refractivity contribution in [3.63, 3.8) is 0 Å². The predicted molar refractivity (Wildman–Crippen MR) is 126 cm³/mol. The third kappa shape index (κ3) is 6.18. The topological polar surface area (TPSA) is 78.4 Å². The number of rotatable bonds is 10. The number of anilines is 2. The standard InChI is InChI=1S/C25H35FN4O2/c1-17(15-32-2)29-19-6-8-20(9-7-19)30-24-13-22(23(26)14-27-24)18-4-3-5-21(12-18)28-16-25(31)10-11-25/h3-5,12-14,17,19-20,28-29,31H,6-11,15-16H2,1-2H3,(H,27,30)/t17-,19?,20?/m1/s1. The van der Waals surface area contributed by atoms with E-state index in [1.54, 1.807) is 13.2 Å². The Hall–Kier alpha value is -2.22. The average molecular weight is 443 g/mol. The van der Waals surface area contributed by atoms with Crippen LogP contribution in [-0.2, 0) is 4.74 Å². The van der Waals surface area contributed by atoms with Crippen LogP contribution in [-0.4, -0.2) is 54.1 Å². The third-order valence-electron chi connectivity index (χ3n) is 6.49. The minimum atomic E-state index is -0.578. The zero-order valence-corrected chi connectivity index (χ0v) is 19.0. The zero-order chi connectivity index (χ0) is 22.6. The summed E-state index contributed by atoms with van der Waals surface area (Å²) in [5.41, 5.74) is 1.62. The molecule has 2 aliphatic rings. The van der Waals surface area contributed by atoms with Crippen molar-refractivity contribution in [2.45, 2.75) is 69.2 Å². The monoisotopic (exact) mass is 442 g/mol. The number of methoxy groups -OCH3 is 1. The van der Waals surface area contributed by atoms with E-state index in [9.17, 15) is 9.50 Å². The molecule has 0 bridgehead atoms. The molecule has 0 aliphatic heterocycles. The van der Waals surface area contributed by atoms with Crippen LogP contribution < -0.4 is 16.0 Å². The number of ether oxygens (including phenoxy) is 1. The van der Waals surface area contributed by atoms with Crippen LogP contribution in [0.3, 0.4) is 0 Å². The van der Waals surface area contributed by atoms with E-state index >= 15 is 0 Å². The van der Waals surface area contributed by atoms with E-state index in [1.807, 2.05) is 24.3 Å². The number of hydrogen-bond acceptors (Lipinski definition) is 6. The Kier molecular flexibility index (Phi) is 7.28. The fourth-order valence-electron chi connectivity index (χ4n) is 4.44. The number of aromatic nitrogens is 1. The van der Waals surface area contributed by atoms with Crippen LogP contribution in [0.25, 0.3) is 11.1 Å². The highest BCUT2D eigenvalue weighted by molar-refractivity contribution is 5.70. The fourth-order valence-corrected chi connectivity index (χ4v) is 4.44. The number of pyridine rings is 1. The molecule has 0 spiro atoms. The quantitative estimate of drug-likeness (QED) is 0.442. The Morgan fingerprint density at radius 3 is 2.66 bits per heavy atom. The van der Waals surface area contributed by atoms with Crippen molar-refractivity contribution in [2.24, 2.45) is 0 Å². The van der Waals surface area contributed by atoms with Gasteiger partial charge in [-0.1, -0.05) is 12.1 Å². The zero-order valence-electron chi connectivity index (χ0n) is 19.0. The highest BCUT2D eigenvalue weighted by Gasteiger charge is 2.39. The lowest BCUT2D eigenvalue weighted by Gasteiger charge is -2.31. The Morgan fingerprint density at radius 2 is 1.94 bits per heavy atom. The summed E-state index contributed by atoms with van der Waals surface area (Å²) in [6, 6.07) is 10.7. The lowest BCUT2D eigenvalue weighted by Crippen LogP contribution is -2.42. The average Bonchev–Trinajstić information content (AvgIpc) is 3.53. The van der Waals surface area contributed by atoms with Gasteiger partial charge in [-0.2, -0.15) is 0 Å². The van der Waals surface area contributed by atoms with E-state index in [-0.39, 0.29) is 5.82 Å². The molecule has 2 fully saturated rings. The van der Waals surface area contributed by atoms with Gasteiger partial charge in [0.05, 0.1) is 18.4 Å². The molecule has 0 radical (unpaired) electrons. The van der Waals surface area contributed by atoms with Gasteiger partial charge in [0, 0.05) is 43.0 Å². The number of halogens is 1. The molecule has 2 saturated carbocycles. The molecule has 4 rings (SSSR count). The van der Waals surface area contributed by atoms with Gasteiger partial charge in [0.25, 0.3) is 0 Å². The molecule has 4 N–H and O–H groups in total. The van der Waals surface area contributed by atoms with E-state index in [1.165, 1.54) is 6.20 Å². The first kappa shape index (κ1) is 23.0. The summed E-state index contributed by atoms with van der Waals surface area (Å²) in [5, 5.41) is 20.4. The molecule has 0 amide bonds. The van der Waals surface area contributed by atoms with Crippen LogP contribution in [0.15, 0.2) is 36.5 Å². The molecule has 1 heterocycles. The van der Waals surface area contributed by atoms with Crippen LogP contribution in [0, 0.1) is 5.82 Å². The molecule has 1 atom stereocenters. The Bertz CT molecular complexity index is 897. The molecular formula is C25H35FN4O2. The third-order valence-corrected chi connectivity index (χ3v) is 6.49. The van der Waals surface area contributed by atoms with Crippen LogP contribution in [0.5, 0.6) is 0 Å². The van der Waals surface area contributed by atoms with Gasteiger partial charge in [-0.3, -0.25) is 0 Å². The van der Waals surface area contributed by atoms with E-state index < -0.39 is 5.60 Å². The van der Waals surface area contributed by atoms with Gasteiger partial charge >= 0.3 is 0 Å². The summed E-state index contributed by atoms with van der Waals surface area (Å²) in [7, 11) is 1.73. The Balaban J connectivity index is 1.36. The van der Waals surface area contributed by atoms with Gasteiger partial charge in [0.2, 0.25) is 0 Å². The molecule has 7 heteroatoms. The van der Waals surface area contributed by atoms with Gasteiger partial charge < -0.3 is 25.8 Å². The van der Waals surface area contributed by atoms with Crippen molar-refractivity contribution in [1.82, 2.24) is 10.3 Å². The van der Waals surface area contributed by atoms with Crippen molar-refractivity contribution < 1.29 is 14.2 Å². The molecule has 174 valence electrons. The molecule has 2 aliphatic carbocycles. The van der Waals surface area contributed by atoms with Crippen molar-refractivity contribution in [2.75, 3.05) is 30.9 Å². The highest BCUT2D eigenvalue weighted by Crippen LogP contribution is 2.35. The highest BCUT2D eigenvalue weighted by atomic mass is 19.1. The second-order valence-corrected chi connectivity index (χ2v) is 9.42. The number of nitrogens with zero attached hydrogens (tertiary/aromatic N) is 1. The maximum Gasteiger partial charge on any atom is 0.149 e. The SMILES string of the molecule is COC[C@@H](C)NC1CCC(Nc2cc(-c3cccc(NCC4(O)CC4)c3)c(F)cn2)CC1.